The van der Waals surface area contributed by atoms with E-state index in [0.29, 0.717) is 17.7 Å². The Labute approximate surface area is 95.7 Å². The quantitative estimate of drug-likeness (QED) is 0.816. The molecule has 5 heteroatoms. The first-order valence-corrected chi connectivity index (χ1v) is 5.40. The summed E-state index contributed by atoms with van der Waals surface area (Å²) in [4.78, 5) is 11.4. The molecule has 0 saturated carbocycles. The first-order chi connectivity index (χ1) is 7.49. The number of amides is 1. The number of aromatic nitrogens is 2. The summed E-state index contributed by atoms with van der Waals surface area (Å²) in [6.07, 6.45) is 0. The highest BCUT2D eigenvalue weighted by molar-refractivity contribution is 5.91. The third-order valence-electron chi connectivity index (χ3n) is 1.88. The highest BCUT2D eigenvalue weighted by atomic mass is 16.1. The molecule has 0 aliphatic heterocycles. The number of carbonyl (C=O) groups is 1. The molecule has 0 saturated heterocycles. The normalized spacial score (nSPS) is 10.6. The standard InChI is InChI=1S/C11H18N4O/c1-7(2)11(16)13-10-6-5-9(14-15-10)12-8(3)4/h5-8H,1-4H3,(H,12,14)(H,13,15,16). The zero-order valence-corrected chi connectivity index (χ0v) is 10.1. The van der Waals surface area contributed by atoms with E-state index in [1.165, 1.54) is 0 Å². The maximum atomic E-state index is 11.4. The van der Waals surface area contributed by atoms with Gasteiger partial charge in [0.05, 0.1) is 0 Å². The molecular weight excluding hydrogens is 204 g/mol. The highest BCUT2D eigenvalue weighted by Crippen LogP contribution is 2.08. The Bertz CT molecular complexity index is 346. The van der Waals surface area contributed by atoms with Gasteiger partial charge in [0, 0.05) is 12.0 Å². The zero-order chi connectivity index (χ0) is 12.1. The molecule has 1 aromatic heterocycles. The van der Waals surface area contributed by atoms with Crippen molar-refractivity contribution in [1.82, 2.24) is 10.2 Å². The summed E-state index contributed by atoms with van der Waals surface area (Å²) in [7, 11) is 0. The van der Waals surface area contributed by atoms with Gasteiger partial charge in [-0.3, -0.25) is 4.79 Å². The van der Waals surface area contributed by atoms with Crippen LogP contribution in [-0.4, -0.2) is 22.1 Å². The Balaban J connectivity index is 2.61. The van der Waals surface area contributed by atoms with Crippen LogP contribution >= 0.6 is 0 Å². The van der Waals surface area contributed by atoms with Crippen LogP contribution in [0.5, 0.6) is 0 Å². The van der Waals surface area contributed by atoms with E-state index < -0.39 is 0 Å². The van der Waals surface area contributed by atoms with E-state index in [-0.39, 0.29) is 11.8 Å². The van der Waals surface area contributed by atoms with E-state index in [1.54, 1.807) is 12.1 Å². The van der Waals surface area contributed by atoms with Gasteiger partial charge in [0.2, 0.25) is 5.91 Å². The fraction of sp³-hybridized carbons (Fsp3) is 0.545. The molecule has 16 heavy (non-hydrogen) atoms. The molecule has 0 bridgehead atoms. The number of carbonyl (C=O) groups excluding carboxylic acids is 1. The average molecular weight is 222 g/mol. The van der Waals surface area contributed by atoms with Gasteiger partial charge in [0.1, 0.15) is 5.82 Å². The second-order valence-electron chi connectivity index (χ2n) is 4.25. The SMILES string of the molecule is CC(C)Nc1ccc(NC(=O)C(C)C)nn1. The van der Waals surface area contributed by atoms with Gasteiger partial charge in [0.15, 0.2) is 5.82 Å². The summed E-state index contributed by atoms with van der Waals surface area (Å²) in [5.74, 6) is 1.07. The number of anilines is 2. The van der Waals surface area contributed by atoms with Gasteiger partial charge in [-0.05, 0) is 26.0 Å². The minimum Gasteiger partial charge on any atom is -0.366 e. The molecule has 1 amide bonds. The molecule has 1 rings (SSSR count). The van der Waals surface area contributed by atoms with Gasteiger partial charge in [-0.2, -0.15) is 0 Å². The van der Waals surface area contributed by atoms with Gasteiger partial charge < -0.3 is 10.6 Å². The zero-order valence-electron chi connectivity index (χ0n) is 10.1. The van der Waals surface area contributed by atoms with Crippen molar-refractivity contribution in [2.75, 3.05) is 10.6 Å². The van der Waals surface area contributed by atoms with Gasteiger partial charge in [0.25, 0.3) is 0 Å². The van der Waals surface area contributed by atoms with Crippen molar-refractivity contribution in [3.05, 3.63) is 12.1 Å². The Hall–Kier alpha value is -1.65. The second kappa shape index (κ2) is 5.44. The molecular formula is C11H18N4O. The fourth-order valence-corrected chi connectivity index (χ4v) is 1.04. The predicted octanol–water partition coefficient (Wildman–Crippen LogP) is 1.89. The van der Waals surface area contributed by atoms with Crippen LogP contribution in [0.1, 0.15) is 27.7 Å². The van der Waals surface area contributed by atoms with Crippen molar-refractivity contribution < 1.29 is 4.79 Å². The molecule has 2 N–H and O–H groups in total. The predicted molar refractivity (Wildman–Crippen MR) is 64.3 cm³/mol. The lowest BCUT2D eigenvalue weighted by atomic mass is 10.2. The van der Waals surface area contributed by atoms with Crippen LogP contribution in [0.4, 0.5) is 11.6 Å². The molecule has 88 valence electrons. The van der Waals surface area contributed by atoms with Crippen molar-refractivity contribution in [2.24, 2.45) is 5.92 Å². The molecule has 1 heterocycles. The van der Waals surface area contributed by atoms with Crippen LogP contribution in [0, 0.1) is 5.92 Å². The number of hydrogen-bond acceptors (Lipinski definition) is 4. The smallest absolute Gasteiger partial charge is 0.228 e. The van der Waals surface area contributed by atoms with E-state index in [0.717, 1.165) is 0 Å². The van der Waals surface area contributed by atoms with E-state index >= 15 is 0 Å². The van der Waals surface area contributed by atoms with Crippen molar-refractivity contribution in [1.29, 1.82) is 0 Å². The van der Waals surface area contributed by atoms with Crippen LogP contribution in [0.3, 0.4) is 0 Å². The Morgan fingerprint density at radius 2 is 1.69 bits per heavy atom. The van der Waals surface area contributed by atoms with Crippen LogP contribution in [0.15, 0.2) is 12.1 Å². The maximum absolute atomic E-state index is 11.4. The molecule has 0 aliphatic rings. The summed E-state index contributed by atoms with van der Waals surface area (Å²) in [6, 6.07) is 3.84. The van der Waals surface area contributed by atoms with Crippen molar-refractivity contribution in [3.8, 4) is 0 Å². The van der Waals surface area contributed by atoms with E-state index in [2.05, 4.69) is 20.8 Å². The van der Waals surface area contributed by atoms with E-state index in [4.69, 9.17) is 0 Å². The topological polar surface area (TPSA) is 66.9 Å². The van der Waals surface area contributed by atoms with Crippen molar-refractivity contribution in [3.63, 3.8) is 0 Å². The summed E-state index contributed by atoms with van der Waals surface area (Å²) >= 11 is 0. The van der Waals surface area contributed by atoms with Crippen LogP contribution in [0.2, 0.25) is 0 Å². The Morgan fingerprint density at radius 3 is 2.12 bits per heavy atom. The third kappa shape index (κ3) is 3.84. The minimum absolute atomic E-state index is 0.0566. The fourth-order valence-electron chi connectivity index (χ4n) is 1.04. The van der Waals surface area contributed by atoms with Gasteiger partial charge in [-0.1, -0.05) is 13.8 Å². The lowest BCUT2D eigenvalue weighted by Crippen LogP contribution is -2.19. The molecule has 0 radical (unpaired) electrons. The summed E-state index contributed by atoms with van der Waals surface area (Å²) in [5, 5.41) is 13.7. The van der Waals surface area contributed by atoms with Gasteiger partial charge in [-0.25, -0.2) is 0 Å². The number of nitrogens with zero attached hydrogens (tertiary/aromatic N) is 2. The van der Waals surface area contributed by atoms with Crippen LogP contribution in [0.25, 0.3) is 0 Å². The molecule has 1 aromatic rings. The minimum atomic E-state index is -0.0599. The third-order valence-corrected chi connectivity index (χ3v) is 1.88. The molecule has 0 spiro atoms. The van der Waals surface area contributed by atoms with E-state index in [1.807, 2.05) is 27.7 Å². The number of hydrogen-bond donors (Lipinski definition) is 2. The molecule has 0 aromatic carbocycles. The first-order valence-electron chi connectivity index (χ1n) is 5.40. The summed E-state index contributed by atoms with van der Waals surface area (Å²) < 4.78 is 0. The molecule has 0 unspecified atom stereocenters. The summed E-state index contributed by atoms with van der Waals surface area (Å²) in [5.41, 5.74) is 0. The van der Waals surface area contributed by atoms with Crippen LogP contribution in [-0.2, 0) is 4.79 Å². The maximum Gasteiger partial charge on any atom is 0.228 e. The van der Waals surface area contributed by atoms with Gasteiger partial charge in [-0.15, -0.1) is 10.2 Å². The summed E-state index contributed by atoms with van der Waals surface area (Å²) in [6.45, 7) is 7.71. The largest absolute Gasteiger partial charge is 0.366 e. The van der Waals surface area contributed by atoms with Gasteiger partial charge >= 0.3 is 0 Å². The average Bonchev–Trinajstić information content (AvgIpc) is 2.20. The Morgan fingerprint density at radius 1 is 1.12 bits per heavy atom. The molecule has 0 atom stereocenters. The first kappa shape index (κ1) is 12.4. The van der Waals surface area contributed by atoms with E-state index in [9.17, 15) is 4.79 Å². The Kier molecular flexibility index (Phi) is 4.22. The van der Waals surface area contributed by atoms with Crippen LogP contribution < -0.4 is 10.6 Å². The monoisotopic (exact) mass is 222 g/mol. The molecule has 0 aliphatic carbocycles. The number of nitrogens with one attached hydrogen (secondary N) is 2. The number of rotatable bonds is 4. The van der Waals surface area contributed by atoms with Crippen molar-refractivity contribution in [2.45, 2.75) is 33.7 Å². The highest BCUT2D eigenvalue weighted by Gasteiger charge is 2.08. The molecule has 5 nitrogen and oxygen atoms in total. The lowest BCUT2D eigenvalue weighted by Gasteiger charge is -2.09. The second-order valence-corrected chi connectivity index (χ2v) is 4.25. The van der Waals surface area contributed by atoms with Crippen molar-refractivity contribution >= 4 is 17.5 Å². The molecule has 0 fully saturated rings. The lowest BCUT2D eigenvalue weighted by molar-refractivity contribution is -0.118.